The Morgan fingerprint density at radius 2 is 1.83 bits per heavy atom. The normalized spacial score (nSPS) is 10.4. The van der Waals surface area contributed by atoms with E-state index >= 15 is 0 Å². The minimum Gasteiger partial charge on any atom is -0.348 e. The molecule has 0 atom stereocenters. The van der Waals surface area contributed by atoms with Crippen molar-refractivity contribution in [1.82, 2.24) is 10.3 Å². The van der Waals surface area contributed by atoms with Gasteiger partial charge in [-0.3, -0.25) is 14.6 Å². The zero-order valence-corrected chi connectivity index (χ0v) is 14.0. The number of nitrogens with one attached hydrogen (secondary N) is 1. The zero-order valence-electron chi connectivity index (χ0n) is 13.2. The molecule has 24 heavy (non-hydrogen) atoms. The van der Waals surface area contributed by atoms with Crippen LogP contribution in [-0.4, -0.2) is 16.7 Å². The van der Waals surface area contributed by atoms with Gasteiger partial charge in [0, 0.05) is 24.0 Å². The smallest absolute Gasteiger partial charge is 0.252 e. The molecule has 0 saturated carbocycles. The van der Waals surface area contributed by atoms with Gasteiger partial charge >= 0.3 is 0 Å². The quantitative estimate of drug-likeness (QED) is 0.724. The van der Waals surface area contributed by atoms with Gasteiger partial charge in [0.1, 0.15) is 0 Å². The Bertz CT molecular complexity index is 855. The number of carbonyl (C=O) groups excluding carboxylic acids is 2. The van der Waals surface area contributed by atoms with Crippen LogP contribution in [0.4, 0.5) is 0 Å². The first-order valence-corrected chi connectivity index (χ1v) is 8.40. The van der Waals surface area contributed by atoms with Gasteiger partial charge in [0.2, 0.25) is 5.78 Å². The first kappa shape index (κ1) is 16.1. The molecule has 4 nitrogen and oxygen atoms in total. The van der Waals surface area contributed by atoms with E-state index in [0.29, 0.717) is 22.5 Å². The second kappa shape index (κ2) is 7.19. The molecule has 3 aromatic rings. The number of ketones is 1. The lowest BCUT2D eigenvalue weighted by Crippen LogP contribution is -2.25. The van der Waals surface area contributed by atoms with Gasteiger partial charge in [0.25, 0.3) is 5.91 Å². The summed E-state index contributed by atoms with van der Waals surface area (Å²) in [4.78, 5) is 29.9. The van der Waals surface area contributed by atoms with Crippen LogP contribution in [0.15, 0.2) is 60.1 Å². The Balaban J connectivity index is 1.77. The number of carbonyl (C=O) groups is 2. The number of aryl methyl sites for hydroxylation is 1. The van der Waals surface area contributed by atoms with Crippen LogP contribution in [0.2, 0.25) is 0 Å². The van der Waals surface area contributed by atoms with E-state index in [4.69, 9.17) is 0 Å². The molecule has 0 fully saturated rings. The number of amides is 1. The first-order chi connectivity index (χ1) is 11.6. The van der Waals surface area contributed by atoms with Crippen molar-refractivity contribution in [3.8, 4) is 0 Å². The summed E-state index contributed by atoms with van der Waals surface area (Å²) in [6.45, 7) is 2.28. The molecule has 2 heterocycles. The van der Waals surface area contributed by atoms with Crippen molar-refractivity contribution in [2.45, 2.75) is 13.5 Å². The zero-order chi connectivity index (χ0) is 16.9. The lowest BCUT2D eigenvalue weighted by molar-refractivity contribution is 0.0940. The average molecular weight is 336 g/mol. The minimum atomic E-state index is -0.268. The van der Waals surface area contributed by atoms with E-state index in [9.17, 15) is 9.59 Å². The fourth-order valence-electron chi connectivity index (χ4n) is 2.30. The summed E-state index contributed by atoms with van der Waals surface area (Å²) in [7, 11) is 0. The summed E-state index contributed by atoms with van der Waals surface area (Å²) in [5, 5.41) is 4.70. The highest BCUT2D eigenvalue weighted by Gasteiger charge is 2.18. The average Bonchev–Trinajstić information content (AvgIpc) is 3.15. The van der Waals surface area contributed by atoms with Gasteiger partial charge in [-0.2, -0.15) is 0 Å². The van der Waals surface area contributed by atoms with Crippen LogP contribution < -0.4 is 5.32 Å². The largest absolute Gasteiger partial charge is 0.348 e. The highest BCUT2D eigenvalue weighted by molar-refractivity contribution is 7.12. The monoisotopic (exact) mass is 336 g/mol. The topological polar surface area (TPSA) is 59.1 Å². The maximum Gasteiger partial charge on any atom is 0.252 e. The Labute approximate surface area is 144 Å². The molecule has 0 unspecified atom stereocenters. The van der Waals surface area contributed by atoms with Gasteiger partial charge in [-0.15, -0.1) is 11.3 Å². The molecule has 0 saturated heterocycles. The molecule has 120 valence electrons. The summed E-state index contributed by atoms with van der Waals surface area (Å²) in [5.41, 5.74) is 2.64. The second-order valence-corrected chi connectivity index (χ2v) is 6.29. The molecule has 2 aromatic heterocycles. The number of pyridine rings is 1. The number of hydrogen-bond acceptors (Lipinski definition) is 4. The Hall–Kier alpha value is -2.79. The van der Waals surface area contributed by atoms with Gasteiger partial charge in [-0.1, -0.05) is 30.3 Å². The van der Waals surface area contributed by atoms with E-state index in [2.05, 4.69) is 10.3 Å². The van der Waals surface area contributed by atoms with E-state index in [-0.39, 0.29) is 11.7 Å². The number of thiophene rings is 1. The van der Waals surface area contributed by atoms with Crippen molar-refractivity contribution < 1.29 is 9.59 Å². The number of rotatable bonds is 5. The number of benzene rings is 1. The van der Waals surface area contributed by atoms with E-state index < -0.39 is 0 Å². The van der Waals surface area contributed by atoms with Crippen molar-refractivity contribution in [2.75, 3.05) is 0 Å². The van der Waals surface area contributed by atoms with Crippen molar-refractivity contribution in [1.29, 1.82) is 0 Å². The lowest BCUT2D eigenvalue weighted by Gasteiger charge is -2.09. The molecule has 1 aromatic carbocycles. The standard InChI is InChI=1S/C19H16N2O2S/c1-13-8-9-14(11-20-13)12-21-19(23)16-6-3-2-5-15(16)18(22)17-7-4-10-24-17/h2-11H,12H2,1H3,(H,21,23). The van der Waals surface area contributed by atoms with E-state index in [1.807, 2.05) is 30.5 Å². The molecule has 0 aliphatic rings. The maximum absolute atomic E-state index is 12.6. The molecule has 0 aliphatic carbocycles. The highest BCUT2D eigenvalue weighted by atomic mass is 32.1. The Kier molecular flexibility index (Phi) is 4.82. The third-order valence-corrected chi connectivity index (χ3v) is 4.46. The van der Waals surface area contributed by atoms with Gasteiger partial charge in [0.05, 0.1) is 10.4 Å². The summed E-state index contributed by atoms with van der Waals surface area (Å²) >= 11 is 1.37. The highest BCUT2D eigenvalue weighted by Crippen LogP contribution is 2.18. The third kappa shape index (κ3) is 3.58. The van der Waals surface area contributed by atoms with Crippen LogP contribution in [0.25, 0.3) is 0 Å². The molecular formula is C19H16N2O2S. The Morgan fingerprint density at radius 1 is 1.04 bits per heavy atom. The predicted molar refractivity (Wildman–Crippen MR) is 94.3 cm³/mol. The SMILES string of the molecule is Cc1ccc(CNC(=O)c2ccccc2C(=O)c2cccs2)cn1. The van der Waals surface area contributed by atoms with E-state index in [0.717, 1.165) is 11.3 Å². The van der Waals surface area contributed by atoms with Gasteiger partial charge in [-0.05, 0) is 36.1 Å². The molecule has 5 heteroatoms. The summed E-state index contributed by atoms with van der Waals surface area (Å²) < 4.78 is 0. The predicted octanol–water partition coefficient (Wildman–Crippen LogP) is 3.61. The number of aromatic nitrogens is 1. The molecule has 0 spiro atoms. The van der Waals surface area contributed by atoms with Crippen molar-refractivity contribution in [3.05, 3.63) is 87.4 Å². The van der Waals surface area contributed by atoms with Crippen LogP contribution in [0, 0.1) is 6.92 Å². The van der Waals surface area contributed by atoms with Crippen molar-refractivity contribution >= 4 is 23.0 Å². The molecule has 3 rings (SSSR count). The lowest BCUT2D eigenvalue weighted by atomic mass is 10.0. The Morgan fingerprint density at radius 3 is 2.50 bits per heavy atom. The van der Waals surface area contributed by atoms with E-state index in [1.165, 1.54) is 11.3 Å². The fraction of sp³-hybridized carbons (Fsp3) is 0.105. The van der Waals surface area contributed by atoms with Gasteiger partial charge in [-0.25, -0.2) is 0 Å². The molecule has 0 radical (unpaired) electrons. The van der Waals surface area contributed by atoms with Crippen molar-refractivity contribution in [3.63, 3.8) is 0 Å². The van der Waals surface area contributed by atoms with Crippen LogP contribution in [0.1, 0.15) is 36.9 Å². The number of nitrogens with zero attached hydrogens (tertiary/aromatic N) is 1. The minimum absolute atomic E-state index is 0.132. The van der Waals surface area contributed by atoms with Crippen LogP contribution in [-0.2, 0) is 6.54 Å². The fourth-order valence-corrected chi connectivity index (χ4v) is 2.98. The van der Waals surface area contributed by atoms with Crippen LogP contribution in [0.3, 0.4) is 0 Å². The van der Waals surface area contributed by atoms with Crippen LogP contribution >= 0.6 is 11.3 Å². The molecule has 0 bridgehead atoms. The maximum atomic E-state index is 12.6. The molecule has 0 aliphatic heterocycles. The third-order valence-electron chi connectivity index (χ3n) is 3.59. The van der Waals surface area contributed by atoms with Gasteiger partial charge in [0.15, 0.2) is 0 Å². The molecule has 1 N–H and O–H groups in total. The molecule has 1 amide bonds. The summed E-state index contributed by atoms with van der Waals surface area (Å²) in [6.07, 6.45) is 1.73. The van der Waals surface area contributed by atoms with E-state index in [1.54, 1.807) is 36.5 Å². The number of hydrogen-bond donors (Lipinski definition) is 1. The first-order valence-electron chi connectivity index (χ1n) is 7.52. The summed E-state index contributed by atoms with van der Waals surface area (Å²) in [6, 6.07) is 14.3. The second-order valence-electron chi connectivity index (χ2n) is 5.34. The molecular weight excluding hydrogens is 320 g/mol. The van der Waals surface area contributed by atoms with Crippen molar-refractivity contribution in [2.24, 2.45) is 0 Å². The van der Waals surface area contributed by atoms with Crippen LogP contribution in [0.5, 0.6) is 0 Å². The summed E-state index contributed by atoms with van der Waals surface area (Å²) in [5.74, 6) is -0.399. The van der Waals surface area contributed by atoms with Gasteiger partial charge < -0.3 is 5.32 Å².